The highest BCUT2D eigenvalue weighted by atomic mass is 16.5. The maximum atomic E-state index is 11.8. The Morgan fingerprint density at radius 3 is 2.44 bits per heavy atom. The minimum atomic E-state index is 0.0406. The Morgan fingerprint density at radius 1 is 1.28 bits per heavy atom. The number of carbonyl (C=O) groups excluding carboxylic acids is 1. The third-order valence-electron chi connectivity index (χ3n) is 5.95. The zero-order valence-electron chi connectivity index (χ0n) is 12.5. The van der Waals surface area contributed by atoms with Crippen LogP contribution in [0.5, 0.6) is 0 Å². The van der Waals surface area contributed by atoms with E-state index < -0.39 is 0 Å². The minimum Gasteiger partial charge on any atom is -0.466 e. The minimum absolute atomic E-state index is 0.0406. The van der Waals surface area contributed by atoms with E-state index in [-0.39, 0.29) is 11.9 Å². The van der Waals surface area contributed by atoms with E-state index in [0.29, 0.717) is 23.9 Å². The number of hydrogen-bond donors (Lipinski definition) is 0. The zero-order valence-corrected chi connectivity index (χ0v) is 12.5. The van der Waals surface area contributed by atoms with Crippen LogP contribution < -0.4 is 0 Å². The fourth-order valence-corrected chi connectivity index (χ4v) is 3.88. The molecule has 0 heterocycles. The van der Waals surface area contributed by atoms with Crippen LogP contribution in [-0.4, -0.2) is 12.6 Å². The van der Waals surface area contributed by atoms with Crippen molar-refractivity contribution in [3.05, 3.63) is 0 Å². The summed E-state index contributed by atoms with van der Waals surface area (Å²) in [4.78, 5) is 11.8. The van der Waals surface area contributed by atoms with E-state index in [9.17, 15) is 4.79 Å². The van der Waals surface area contributed by atoms with Gasteiger partial charge < -0.3 is 4.74 Å². The Morgan fingerprint density at radius 2 is 1.94 bits per heavy atom. The Hall–Kier alpha value is -0.530. The molecule has 18 heavy (non-hydrogen) atoms. The molecule has 5 atom stereocenters. The van der Waals surface area contributed by atoms with Crippen LogP contribution in [0.25, 0.3) is 0 Å². The van der Waals surface area contributed by atoms with Crippen molar-refractivity contribution < 1.29 is 9.53 Å². The van der Waals surface area contributed by atoms with E-state index >= 15 is 0 Å². The van der Waals surface area contributed by atoms with Gasteiger partial charge in [-0.2, -0.15) is 0 Å². The molecule has 0 bridgehead atoms. The zero-order chi connectivity index (χ0) is 13.5. The smallest absolute Gasteiger partial charge is 0.309 e. The average Bonchev–Trinajstić information content (AvgIpc) is 2.86. The van der Waals surface area contributed by atoms with Gasteiger partial charge in [-0.1, -0.05) is 27.7 Å². The molecule has 0 spiro atoms. The van der Waals surface area contributed by atoms with E-state index in [1.807, 2.05) is 6.92 Å². The molecule has 0 aromatic carbocycles. The Balaban J connectivity index is 1.90. The largest absolute Gasteiger partial charge is 0.466 e. The highest BCUT2D eigenvalue weighted by Crippen LogP contribution is 2.57. The maximum absolute atomic E-state index is 11.8. The van der Waals surface area contributed by atoms with Crippen molar-refractivity contribution in [1.82, 2.24) is 0 Å². The highest BCUT2D eigenvalue weighted by Gasteiger charge is 2.55. The van der Waals surface area contributed by atoms with Crippen LogP contribution in [0.1, 0.15) is 53.9 Å². The van der Waals surface area contributed by atoms with Gasteiger partial charge in [0.1, 0.15) is 0 Å². The lowest BCUT2D eigenvalue weighted by Crippen LogP contribution is -2.24. The molecular weight excluding hydrogens is 224 g/mol. The van der Waals surface area contributed by atoms with Crippen molar-refractivity contribution in [2.45, 2.75) is 53.9 Å². The van der Waals surface area contributed by atoms with Crippen molar-refractivity contribution in [1.29, 1.82) is 0 Å². The van der Waals surface area contributed by atoms with Gasteiger partial charge in [-0.05, 0) is 55.3 Å². The van der Waals surface area contributed by atoms with Crippen molar-refractivity contribution in [2.75, 3.05) is 6.61 Å². The molecule has 0 radical (unpaired) electrons. The number of hydrogen-bond acceptors (Lipinski definition) is 2. The van der Waals surface area contributed by atoms with Gasteiger partial charge in [-0.15, -0.1) is 0 Å². The van der Waals surface area contributed by atoms with Crippen molar-refractivity contribution in [2.24, 2.45) is 35.0 Å². The van der Waals surface area contributed by atoms with Crippen LogP contribution in [0, 0.1) is 35.0 Å². The van der Waals surface area contributed by atoms with Crippen LogP contribution in [0.15, 0.2) is 0 Å². The van der Waals surface area contributed by atoms with Crippen LogP contribution in [0.3, 0.4) is 0 Å². The molecule has 2 rings (SSSR count). The number of rotatable bonds is 4. The Labute approximate surface area is 111 Å². The summed E-state index contributed by atoms with van der Waals surface area (Å²) in [5.41, 5.74) is 0.446. The molecule has 0 saturated heterocycles. The van der Waals surface area contributed by atoms with E-state index in [1.165, 1.54) is 19.3 Å². The topological polar surface area (TPSA) is 26.3 Å². The summed E-state index contributed by atoms with van der Waals surface area (Å²) in [6.45, 7) is 11.8. The van der Waals surface area contributed by atoms with Gasteiger partial charge in [-0.3, -0.25) is 4.79 Å². The fraction of sp³-hybridized carbons (Fsp3) is 0.938. The first-order valence-corrected chi connectivity index (χ1v) is 7.56. The van der Waals surface area contributed by atoms with Crippen molar-refractivity contribution >= 4 is 5.97 Å². The lowest BCUT2D eigenvalue weighted by Gasteiger charge is -2.31. The van der Waals surface area contributed by atoms with E-state index in [2.05, 4.69) is 27.7 Å². The molecule has 0 amide bonds. The molecule has 0 N–H and O–H groups in total. The van der Waals surface area contributed by atoms with Gasteiger partial charge in [0.05, 0.1) is 12.5 Å². The van der Waals surface area contributed by atoms with E-state index in [4.69, 9.17) is 4.74 Å². The van der Waals surface area contributed by atoms with E-state index in [0.717, 1.165) is 11.8 Å². The summed E-state index contributed by atoms with van der Waals surface area (Å²) in [7, 11) is 0. The molecule has 2 aliphatic rings. The molecule has 2 saturated carbocycles. The normalized spacial score (nSPS) is 41.7. The Bertz CT molecular complexity index is 321. The number of carbonyl (C=O) groups is 1. The third kappa shape index (κ3) is 2.31. The molecule has 2 nitrogen and oxygen atoms in total. The van der Waals surface area contributed by atoms with Gasteiger partial charge in [0.25, 0.3) is 0 Å². The maximum Gasteiger partial charge on any atom is 0.309 e. The molecule has 104 valence electrons. The molecule has 2 heteroatoms. The summed E-state index contributed by atoms with van der Waals surface area (Å²) in [6.07, 6.45) is 3.91. The van der Waals surface area contributed by atoms with Crippen LogP contribution in [0.4, 0.5) is 0 Å². The van der Waals surface area contributed by atoms with Crippen LogP contribution >= 0.6 is 0 Å². The predicted molar refractivity (Wildman–Crippen MR) is 73.1 cm³/mol. The second kappa shape index (κ2) is 4.86. The second-order valence-electron chi connectivity index (χ2n) is 7.03. The number of esters is 1. The van der Waals surface area contributed by atoms with Crippen molar-refractivity contribution in [3.63, 3.8) is 0 Å². The van der Waals surface area contributed by atoms with Crippen LogP contribution in [0.2, 0.25) is 0 Å². The number of ether oxygens (including phenoxy) is 1. The summed E-state index contributed by atoms with van der Waals surface area (Å²) in [6, 6.07) is 0. The lowest BCUT2D eigenvalue weighted by atomic mass is 9.74. The molecule has 0 aliphatic heterocycles. The lowest BCUT2D eigenvalue weighted by molar-refractivity contribution is -0.145. The SMILES string of the molecule is CCOC(=O)C1C(C)C1CC1CCC(C)C1(C)C. The fourth-order valence-electron chi connectivity index (χ4n) is 3.88. The van der Waals surface area contributed by atoms with Crippen molar-refractivity contribution in [3.8, 4) is 0 Å². The standard InChI is InChI=1S/C16H28O2/c1-6-18-15(17)14-11(3)13(14)9-12-8-7-10(2)16(12,4)5/h10-14H,6-9H2,1-5H3. The van der Waals surface area contributed by atoms with Gasteiger partial charge >= 0.3 is 5.97 Å². The quantitative estimate of drug-likeness (QED) is 0.709. The summed E-state index contributed by atoms with van der Waals surface area (Å²) in [5, 5.41) is 0. The first-order chi connectivity index (χ1) is 8.39. The first-order valence-electron chi connectivity index (χ1n) is 7.56. The monoisotopic (exact) mass is 252 g/mol. The summed E-state index contributed by atoms with van der Waals surface area (Å²) >= 11 is 0. The van der Waals surface area contributed by atoms with E-state index in [1.54, 1.807) is 0 Å². The average molecular weight is 252 g/mol. The molecule has 2 aliphatic carbocycles. The molecule has 0 aromatic rings. The predicted octanol–water partition coefficient (Wildman–Crippen LogP) is 3.89. The third-order valence-corrected chi connectivity index (χ3v) is 5.95. The summed E-state index contributed by atoms with van der Waals surface area (Å²) in [5.74, 6) is 2.96. The first kappa shape index (κ1) is 13.9. The van der Waals surface area contributed by atoms with Crippen LogP contribution in [-0.2, 0) is 9.53 Å². The van der Waals surface area contributed by atoms with Gasteiger partial charge in [0, 0.05) is 0 Å². The van der Waals surface area contributed by atoms with Gasteiger partial charge in [0.2, 0.25) is 0 Å². The molecule has 0 aromatic heterocycles. The van der Waals surface area contributed by atoms with Gasteiger partial charge in [0.15, 0.2) is 0 Å². The summed E-state index contributed by atoms with van der Waals surface area (Å²) < 4.78 is 5.17. The highest BCUT2D eigenvalue weighted by molar-refractivity contribution is 5.76. The second-order valence-corrected chi connectivity index (χ2v) is 7.03. The molecular formula is C16H28O2. The van der Waals surface area contributed by atoms with Gasteiger partial charge in [-0.25, -0.2) is 0 Å². The molecule has 2 fully saturated rings. The Kier molecular flexibility index (Phi) is 3.75. The molecule has 5 unspecified atom stereocenters.